The number of carbonyl (C=O) groups excluding carboxylic acids is 2. The molecule has 1 amide bonds. The van der Waals surface area contributed by atoms with Gasteiger partial charge in [0.2, 0.25) is 11.8 Å². The molecule has 3 N–H and O–H groups in total. The number of methoxy groups -OCH3 is 1. The Morgan fingerprint density at radius 1 is 1.21 bits per heavy atom. The van der Waals surface area contributed by atoms with Crippen LogP contribution >= 0.6 is 11.7 Å². The van der Waals surface area contributed by atoms with Gasteiger partial charge in [-0.2, -0.15) is 4.37 Å². The van der Waals surface area contributed by atoms with Crippen molar-refractivity contribution in [3.63, 3.8) is 0 Å². The number of benzene rings is 1. The monoisotopic (exact) mass is 422 g/mol. The number of esters is 1. The molecular formula is C19H26N4O5S. The summed E-state index contributed by atoms with van der Waals surface area (Å²) in [6.07, 6.45) is 0.163. The van der Waals surface area contributed by atoms with Crippen LogP contribution in [0.4, 0.5) is 0 Å². The molecule has 9 nitrogen and oxygen atoms in total. The van der Waals surface area contributed by atoms with Crippen molar-refractivity contribution in [2.75, 3.05) is 33.4 Å². The van der Waals surface area contributed by atoms with Gasteiger partial charge in [-0.3, -0.25) is 9.59 Å². The summed E-state index contributed by atoms with van der Waals surface area (Å²) >= 11 is 0.990. The van der Waals surface area contributed by atoms with Gasteiger partial charge in [-0.25, -0.2) is 0 Å². The van der Waals surface area contributed by atoms with Gasteiger partial charge < -0.3 is 25.2 Å². The molecule has 1 aromatic heterocycles. The standard InChI is InChI=1S/C19H26N4O5S/c1-27-18(26)8-7-16-19(23-29-22-16)28-13-15(24)12-20-9-10-21-17(25)11-14-5-3-2-4-6-14/h2-6,15,20,24H,7-13H2,1H3,(H,21,25). The van der Waals surface area contributed by atoms with Crippen molar-refractivity contribution in [1.29, 1.82) is 0 Å². The summed E-state index contributed by atoms with van der Waals surface area (Å²) in [5, 5.41) is 15.9. The number of hydrogen-bond donors (Lipinski definition) is 3. The fraction of sp³-hybridized carbons (Fsp3) is 0.474. The molecule has 10 heteroatoms. The van der Waals surface area contributed by atoms with E-state index < -0.39 is 6.10 Å². The first-order chi connectivity index (χ1) is 14.1. The van der Waals surface area contributed by atoms with Gasteiger partial charge in [-0.05, 0) is 5.56 Å². The normalized spacial score (nSPS) is 11.7. The topological polar surface area (TPSA) is 123 Å². The molecule has 0 aliphatic carbocycles. The third-order valence-corrected chi connectivity index (χ3v) is 4.49. The molecule has 158 valence electrons. The first kappa shape index (κ1) is 22.7. The Hall–Kier alpha value is -2.56. The van der Waals surface area contributed by atoms with E-state index in [1.54, 1.807) is 0 Å². The second-order valence-electron chi connectivity index (χ2n) is 6.27. The van der Waals surface area contributed by atoms with E-state index in [0.717, 1.165) is 17.3 Å². The number of amides is 1. The predicted octanol–water partition coefficient (Wildman–Crippen LogP) is 0.332. The van der Waals surface area contributed by atoms with Gasteiger partial charge in [0.05, 0.1) is 31.7 Å². The lowest BCUT2D eigenvalue weighted by Crippen LogP contribution is -2.37. The molecule has 0 bridgehead atoms. The minimum Gasteiger partial charge on any atom is -0.473 e. The van der Waals surface area contributed by atoms with Gasteiger partial charge in [0.25, 0.3) is 0 Å². The van der Waals surface area contributed by atoms with E-state index in [0.29, 0.717) is 44.0 Å². The number of aromatic nitrogens is 2. The van der Waals surface area contributed by atoms with E-state index in [2.05, 4.69) is 24.1 Å². The summed E-state index contributed by atoms with van der Waals surface area (Å²) in [6.45, 7) is 1.35. The first-order valence-electron chi connectivity index (χ1n) is 9.29. The van der Waals surface area contributed by atoms with Crippen molar-refractivity contribution in [3.8, 4) is 5.88 Å². The quantitative estimate of drug-likeness (QED) is 0.312. The van der Waals surface area contributed by atoms with Crippen LogP contribution in [0.2, 0.25) is 0 Å². The summed E-state index contributed by atoms with van der Waals surface area (Å²) in [5.74, 6) is -0.0485. The average molecular weight is 423 g/mol. The number of aliphatic hydroxyl groups excluding tert-OH is 1. The maximum absolute atomic E-state index is 11.8. The van der Waals surface area contributed by atoms with Gasteiger partial charge >= 0.3 is 5.97 Å². The molecule has 0 spiro atoms. The highest BCUT2D eigenvalue weighted by atomic mass is 32.1. The van der Waals surface area contributed by atoms with E-state index in [-0.39, 0.29) is 24.9 Å². The molecule has 1 atom stereocenters. The number of aliphatic hydroxyl groups is 1. The summed E-state index contributed by atoms with van der Waals surface area (Å²) in [6, 6.07) is 9.53. The molecule has 2 rings (SSSR count). The first-order valence-corrected chi connectivity index (χ1v) is 10.0. The highest BCUT2D eigenvalue weighted by Gasteiger charge is 2.14. The number of nitrogens with zero attached hydrogens (tertiary/aromatic N) is 2. The molecule has 0 fully saturated rings. The molecular weight excluding hydrogens is 396 g/mol. The Kier molecular flexibility index (Phi) is 10.0. The van der Waals surface area contributed by atoms with E-state index in [4.69, 9.17) is 4.74 Å². The highest BCUT2D eigenvalue weighted by molar-refractivity contribution is 6.99. The van der Waals surface area contributed by atoms with Gasteiger partial charge in [-0.15, -0.1) is 4.37 Å². The van der Waals surface area contributed by atoms with Crippen LogP contribution in [0.25, 0.3) is 0 Å². The molecule has 0 saturated carbocycles. The number of aryl methyl sites for hydroxylation is 1. The van der Waals surface area contributed by atoms with Crippen LogP contribution < -0.4 is 15.4 Å². The van der Waals surface area contributed by atoms with Gasteiger partial charge in [0, 0.05) is 26.1 Å². The summed E-state index contributed by atoms with van der Waals surface area (Å²) in [4.78, 5) is 23.0. The van der Waals surface area contributed by atoms with Crippen LogP contribution in [0.3, 0.4) is 0 Å². The molecule has 2 aromatic rings. The van der Waals surface area contributed by atoms with E-state index in [1.165, 1.54) is 7.11 Å². The third kappa shape index (κ3) is 8.99. The zero-order chi connectivity index (χ0) is 20.9. The van der Waals surface area contributed by atoms with Crippen LogP contribution in [-0.2, 0) is 27.2 Å². The zero-order valence-electron chi connectivity index (χ0n) is 16.3. The van der Waals surface area contributed by atoms with E-state index >= 15 is 0 Å². The smallest absolute Gasteiger partial charge is 0.305 e. The number of carbonyl (C=O) groups is 2. The van der Waals surface area contributed by atoms with Crippen molar-refractivity contribution in [2.45, 2.75) is 25.4 Å². The van der Waals surface area contributed by atoms with Gasteiger partial charge in [-0.1, -0.05) is 30.3 Å². The predicted molar refractivity (Wildman–Crippen MR) is 108 cm³/mol. The Labute approximate surface area is 173 Å². The largest absolute Gasteiger partial charge is 0.473 e. The number of ether oxygens (including phenoxy) is 2. The lowest BCUT2D eigenvalue weighted by Gasteiger charge is -2.13. The SMILES string of the molecule is COC(=O)CCc1nsnc1OCC(O)CNCCNC(=O)Cc1ccccc1. The molecule has 1 unspecified atom stereocenters. The van der Waals surface area contributed by atoms with Crippen molar-refractivity contribution >= 4 is 23.6 Å². The molecule has 29 heavy (non-hydrogen) atoms. The fourth-order valence-corrected chi connectivity index (χ4v) is 2.96. The van der Waals surface area contributed by atoms with E-state index in [1.807, 2.05) is 30.3 Å². The summed E-state index contributed by atoms with van der Waals surface area (Å²) < 4.78 is 18.2. The summed E-state index contributed by atoms with van der Waals surface area (Å²) in [7, 11) is 1.33. The van der Waals surface area contributed by atoms with Crippen LogP contribution in [0, 0.1) is 0 Å². The zero-order valence-corrected chi connectivity index (χ0v) is 17.1. The molecule has 0 aliphatic rings. The molecule has 0 radical (unpaired) electrons. The van der Waals surface area contributed by atoms with Crippen LogP contribution in [-0.4, -0.2) is 65.2 Å². The van der Waals surface area contributed by atoms with Crippen molar-refractivity contribution in [1.82, 2.24) is 19.4 Å². The minimum absolute atomic E-state index is 0.0441. The second kappa shape index (κ2) is 12.8. The summed E-state index contributed by atoms with van der Waals surface area (Å²) in [5.41, 5.74) is 1.54. The Balaban J connectivity index is 1.56. The second-order valence-corrected chi connectivity index (χ2v) is 6.80. The molecule has 0 aliphatic heterocycles. The number of nitrogens with one attached hydrogen (secondary N) is 2. The van der Waals surface area contributed by atoms with Crippen LogP contribution in [0.1, 0.15) is 17.7 Å². The lowest BCUT2D eigenvalue weighted by molar-refractivity contribution is -0.140. The Morgan fingerprint density at radius 3 is 2.76 bits per heavy atom. The van der Waals surface area contributed by atoms with E-state index in [9.17, 15) is 14.7 Å². The van der Waals surface area contributed by atoms with Gasteiger partial charge in [0.1, 0.15) is 18.4 Å². The number of rotatable bonds is 13. The Bertz CT molecular complexity index is 756. The van der Waals surface area contributed by atoms with Crippen molar-refractivity contribution < 1.29 is 24.2 Å². The number of hydrogen-bond acceptors (Lipinski definition) is 9. The maximum atomic E-state index is 11.8. The minimum atomic E-state index is -0.745. The Morgan fingerprint density at radius 2 is 2.00 bits per heavy atom. The fourth-order valence-electron chi connectivity index (χ4n) is 2.42. The highest BCUT2D eigenvalue weighted by Crippen LogP contribution is 2.17. The van der Waals surface area contributed by atoms with Crippen LogP contribution in [0.15, 0.2) is 30.3 Å². The average Bonchev–Trinajstić information content (AvgIpc) is 3.18. The van der Waals surface area contributed by atoms with Crippen molar-refractivity contribution in [3.05, 3.63) is 41.6 Å². The molecule has 0 saturated heterocycles. The lowest BCUT2D eigenvalue weighted by atomic mass is 10.1. The van der Waals surface area contributed by atoms with Crippen molar-refractivity contribution in [2.24, 2.45) is 0 Å². The third-order valence-electron chi connectivity index (χ3n) is 3.94. The molecule has 1 heterocycles. The van der Waals surface area contributed by atoms with Gasteiger partial charge in [0.15, 0.2) is 0 Å². The maximum Gasteiger partial charge on any atom is 0.305 e. The molecule has 1 aromatic carbocycles. The van der Waals surface area contributed by atoms with Crippen LogP contribution in [0.5, 0.6) is 5.88 Å².